The molecule has 2 aromatic heterocycles. The van der Waals surface area contributed by atoms with E-state index in [0.717, 1.165) is 26.4 Å². The van der Waals surface area contributed by atoms with Gasteiger partial charge in [-0.15, -0.1) is 11.3 Å². The van der Waals surface area contributed by atoms with Crippen LogP contribution in [-0.2, 0) is 14.3 Å². The summed E-state index contributed by atoms with van der Waals surface area (Å²) in [6.45, 7) is 1.89. The van der Waals surface area contributed by atoms with Crippen molar-refractivity contribution < 1.29 is 14.3 Å². The first kappa shape index (κ1) is 18.3. The number of benzene rings is 1. The molecule has 3 aromatic rings. The van der Waals surface area contributed by atoms with Gasteiger partial charge in [0.15, 0.2) is 0 Å². The minimum absolute atomic E-state index is 0.125. The summed E-state index contributed by atoms with van der Waals surface area (Å²) in [5, 5.41) is 6.31. The number of rotatable bonds is 7. The Morgan fingerprint density at radius 2 is 2.04 bits per heavy atom. The summed E-state index contributed by atoms with van der Waals surface area (Å²) < 4.78 is 4.79. The van der Waals surface area contributed by atoms with E-state index in [1.54, 1.807) is 18.3 Å². The van der Waals surface area contributed by atoms with Gasteiger partial charge in [0.05, 0.1) is 17.7 Å². The van der Waals surface area contributed by atoms with E-state index in [4.69, 9.17) is 4.74 Å². The van der Waals surface area contributed by atoms with Crippen LogP contribution in [0.3, 0.4) is 0 Å². The first-order chi connectivity index (χ1) is 12.7. The Morgan fingerprint density at radius 1 is 1.23 bits per heavy atom. The molecule has 0 saturated carbocycles. The maximum absolute atomic E-state index is 12.0. The number of carbonyl (C=O) groups excluding carboxylic acids is 2. The van der Waals surface area contributed by atoms with E-state index >= 15 is 0 Å². The maximum Gasteiger partial charge on any atom is 0.325 e. The van der Waals surface area contributed by atoms with Crippen LogP contribution in [0.4, 0.5) is 0 Å². The summed E-state index contributed by atoms with van der Waals surface area (Å²) in [6.07, 6.45) is 1.51. The molecular formula is C18H17N3O3S2. The minimum Gasteiger partial charge on any atom is -0.465 e. The number of hydrogen-bond donors (Lipinski definition) is 1. The fourth-order valence-electron chi connectivity index (χ4n) is 2.35. The van der Waals surface area contributed by atoms with Crippen LogP contribution in [0.2, 0.25) is 0 Å². The number of aromatic nitrogens is 2. The summed E-state index contributed by atoms with van der Waals surface area (Å²) in [7, 11) is 0. The molecule has 0 spiro atoms. The molecule has 26 heavy (non-hydrogen) atoms. The molecule has 1 aromatic carbocycles. The summed E-state index contributed by atoms with van der Waals surface area (Å²) in [5.74, 6) is -0.527. The van der Waals surface area contributed by atoms with Crippen LogP contribution in [0, 0.1) is 0 Å². The van der Waals surface area contributed by atoms with Gasteiger partial charge in [0.1, 0.15) is 22.7 Å². The Labute approximate surface area is 159 Å². The number of nitrogens with zero attached hydrogens (tertiary/aromatic N) is 2. The summed E-state index contributed by atoms with van der Waals surface area (Å²) >= 11 is 2.88. The molecule has 0 fully saturated rings. The lowest BCUT2D eigenvalue weighted by molar-refractivity contribution is -0.143. The van der Waals surface area contributed by atoms with Crippen LogP contribution in [0.15, 0.2) is 47.1 Å². The number of thioether (sulfide) groups is 1. The highest BCUT2D eigenvalue weighted by atomic mass is 32.2. The Balaban J connectivity index is 1.73. The van der Waals surface area contributed by atoms with Crippen LogP contribution < -0.4 is 5.32 Å². The van der Waals surface area contributed by atoms with Gasteiger partial charge in [-0.3, -0.25) is 9.59 Å². The van der Waals surface area contributed by atoms with E-state index in [1.807, 2.05) is 30.3 Å². The molecule has 0 aliphatic heterocycles. The minimum atomic E-state index is -0.445. The highest BCUT2D eigenvalue weighted by molar-refractivity contribution is 8.00. The van der Waals surface area contributed by atoms with Crippen LogP contribution in [0.25, 0.3) is 21.3 Å². The van der Waals surface area contributed by atoms with E-state index in [9.17, 15) is 9.59 Å². The van der Waals surface area contributed by atoms with Gasteiger partial charge >= 0.3 is 5.97 Å². The zero-order chi connectivity index (χ0) is 18.4. The Bertz CT molecular complexity index is 912. The quantitative estimate of drug-likeness (QED) is 0.381. The molecule has 134 valence electrons. The molecular weight excluding hydrogens is 370 g/mol. The van der Waals surface area contributed by atoms with Gasteiger partial charge in [-0.05, 0) is 12.5 Å². The standard InChI is InChI=1S/C18H17N3O3S2/c1-2-24-15(23)8-19-14(22)10-26-18-16-13(12-6-4-3-5-7-12)9-25-17(16)20-11-21-18/h3-7,9,11H,2,8,10H2,1H3,(H,19,22). The number of amides is 1. The molecule has 0 bridgehead atoms. The fraction of sp³-hybridized carbons (Fsp3) is 0.222. The molecule has 0 unspecified atom stereocenters. The normalized spacial score (nSPS) is 10.7. The molecule has 0 atom stereocenters. The monoisotopic (exact) mass is 387 g/mol. The second-order valence-corrected chi connectivity index (χ2v) is 7.07. The van der Waals surface area contributed by atoms with Crippen molar-refractivity contribution in [3.8, 4) is 11.1 Å². The third-order valence-electron chi connectivity index (χ3n) is 3.50. The SMILES string of the molecule is CCOC(=O)CNC(=O)CSc1ncnc2scc(-c3ccccc3)c12. The van der Waals surface area contributed by atoms with E-state index in [1.165, 1.54) is 18.1 Å². The van der Waals surface area contributed by atoms with Gasteiger partial charge in [-0.25, -0.2) is 9.97 Å². The van der Waals surface area contributed by atoms with Crippen molar-refractivity contribution in [3.63, 3.8) is 0 Å². The Morgan fingerprint density at radius 3 is 2.81 bits per heavy atom. The summed E-state index contributed by atoms with van der Waals surface area (Å²) in [4.78, 5) is 32.8. The number of esters is 1. The summed E-state index contributed by atoms with van der Waals surface area (Å²) in [5.41, 5.74) is 2.14. The molecule has 8 heteroatoms. The van der Waals surface area contributed by atoms with Crippen molar-refractivity contribution in [3.05, 3.63) is 42.0 Å². The van der Waals surface area contributed by atoms with Crippen LogP contribution in [-0.4, -0.2) is 40.7 Å². The number of thiophene rings is 1. The summed E-state index contributed by atoms with van der Waals surface area (Å²) in [6, 6.07) is 10.0. The molecule has 3 rings (SSSR count). The first-order valence-corrected chi connectivity index (χ1v) is 9.88. The lowest BCUT2D eigenvalue weighted by Crippen LogP contribution is -2.31. The van der Waals surface area contributed by atoms with Crippen molar-refractivity contribution in [2.45, 2.75) is 11.9 Å². The molecule has 2 heterocycles. The van der Waals surface area contributed by atoms with Crippen molar-refractivity contribution in [2.24, 2.45) is 0 Å². The number of ether oxygens (including phenoxy) is 1. The van der Waals surface area contributed by atoms with E-state index in [-0.39, 0.29) is 18.2 Å². The van der Waals surface area contributed by atoms with E-state index < -0.39 is 5.97 Å². The van der Waals surface area contributed by atoms with Gasteiger partial charge in [0.25, 0.3) is 0 Å². The fourth-order valence-corrected chi connectivity index (χ4v) is 4.18. The maximum atomic E-state index is 12.0. The second-order valence-electron chi connectivity index (χ2n) is 5.24. The number of nitrogens with one attached hydrogen (secondary N) is 1. The molecule has 6 nitrogen and oxygen atoms in total. The largest absolute Gasteiger partial charge is 0.465 e. The number of fused-ring (bicyclic) bond motifs is 1. The van der Waals surface area contributed by atoms with Gasteiger partial charge in [0, 0.05) is 10.9 Å². The number of hydrogen-bond acceptors (Lipinski definition) is 7. The van der Waals surface area contributed by atoms with Crippen LogP contribution >= 0.6 is 23.1 Å². The van der Waals surface area contributed by atoms with Gasteiger partial charge in [-0.1, -0.05) is 42.1 Å². The van der Waals surface area contributed by atoms with Crippen LogP contribution in [0.5, 0.6) is 0 Å². The average Bonchev–Trinajstić information content (AvgIpc) is 3.10. The predicted molar refractivity (Wildman–Crippen MR) is 103 cm³/mol. The lowest BCUT2D eigenvalue weighted by atomic mass is 10.1. The first-order valence-electron chi connectivity index (χ1n) is 8.01. The predicted octanol–water partition coefficient (Wildman–Crippen LogP) is 3.13. The molecule has 0 aliphatic carbocycles. The Kier molecular flexibility index (Phi) is 6.19. The van der Waals surface area contributed by atoms with Gasteiger partial charge in [-0.2, -0.15) is 0 Å². The zero-order valence-electron chi connectivity index (χ0n) is 14.1. The highest BCUT2D eigenvalue weighted by Crippen LogP contribution is 2.37. The van der Waals surface area contributed by atoms with Crippen molar-refractivity contribution in [2.75, 3.05) is 18.9 Å². The van der Waals surface area contributed by atoms with Gasteiger partial charge < -0.3 is 10.1 Å². The van der Waals surface area contributed by atoms with E-state index in [2.05, 4.69) is 20.7 Å². The third kappa shape index (κ3) is 4.39. The molecule has 1 amide bonds. The van der Waals surface area contributed by atoms with Gasteiger partial charge in [0.2, 0.25) is 5.91 Å². The molecule has 1 N–H and O–H groups in total. The molecule has 0 radical (unpaired) electrons. The lowest BCUT2D eigenvalue weighted by Gasteiger charge is -2.06. The van der Waals surface area contributed by atoms with Crippen molar-refractivity contribution >= 4 is 45.2 Å². The van der Waals surface area contributed by atoms with Crippen molar-refractivity contribution in [1.29, 1.82) is 0 Å². The van der Waals surface area contributed by atoms with E-state index in [0.29, 0.717) is 6.61 Å². The van der Waals surface area contributed by atoms with Crippen molar-refractivity contribution in [1.82, 2.24) is 15.3 Å². The topological polar surface area (TPSA) is 81.2 Å². The highest BCUT2D eigenvalue weighted by Gasteiger charge is 2.15. The molecule has 0 saturated heterocycles. The molecule has 0 aliphatic rings. The smallest absolute Gasteiger partial charge is 0.325 e. The van der Waals surface area contributed by atoms with Crippen LogP contribution in [0.1, 0.15) is 6.92 Å². The zero-order valence-corrected chi connectivity index (χ0v) is 15.7. The third-order valence-corrected chi connectivity index (χ3v) is 5.37. The number of carbonyl (C=O) groups is 2. The Hall–Kier alpha value is -2.45. The second kappa shape index (κ2) is 8.77. The average molecular weight is 387 g/mol.